The van der Waals surface area contributed by atoms with E-state index in [0.29, 0.717) is 13.0 Å². The van der Waals surface area contributed by atoms with Gasteiger partial charge >= 0.3 is 0 Å². The quantitative estimate of drug-likeness (QED) is 0.219. The summed E-state index contributed by atoms with van der Waals surface area (Å²) >= 11 is 0. The third-order valence-electron chi connectivity index (χ3n) is 7.77. The summed E-state index contributed by atoms with van der Waals surface area (Å²) in [6.45, 7) is 15.5. The van der Waals surface area contributed by atoms with Gasteiger partial charge in [0.15, 0.2) is 0 Å². The van der Waals surface area contributed by atoms with Gasteiger partial charge in [0.05, 0.1) is 6.04 Å². The van der Waals surface area contributed by atoms with Crippen LogP contribution in [0.2, 0.25) is 0 Å². The summed E-state index contributed by atoms with van der Waals surface area (Å²) in [5, 5.41) is 12.9. The molecule has 0 saturated carbocycles. The van der Waals surface area contributed by atoms with Crippen molar-refractivity contribution in [3.8, 4) is 0 Å². The topological polar surface area (TPSA) is 135 Å². The van der Waals surface area contributed by atoms with Crippen molar-refractivity contribution in [1.29, 1.82) is 0 Å². The Balaban J connectivity index is 2.12. The molecule has 0 radical (unpaired) electrons. The van der Waals surface area contributed by atoms with Gasteiger partial charge in [0.2, 0.25) is 23.6 Å². The van der Waals surface area contributed by atoms with Crippen molar-refractivity contribution in [2.75, 3.05) is 20.6 Å². The highest BCUT2D eigenvalue weighted by Crippen LogP contribution is 2.18. The van der Waals surface area contributed by atoms with Crippen LogP contribution in [0.3, 0.4) is 0 Å². The Morgan fingerprint density at radius 3 is 1.86 bits per heavy atom. The number of para-hydroxylation sites is 1. The van der Waals surface area contributed by atoms with E-state index in [0.717, 1.165) is 16.5 Å². The van der Waals surface area contributed by atoms with Gasteiger partial charge in [0.1, 0.15) is 18.1 Å². The van der Waals surface area contributed by atoms with Crippen molar-refractivity contribution in [3.63, 3.8) is 0 Å². The molecule has 0 aliphatic rings. The molecule has 0 spiro atoms. The number of likely N-dealkylation sites (N-methyl/N-ethyl adjacent to an activating group) is 2. The summed E-state index contributed by atoms with van der Waals surface area (Å²) in [5.41, 5.74) is 2.16. The average molecular weight is 585 g/mol. The summed E-state index contributed by atoms with van der Waals surface area (Å²) in [4.78, 5) is 58.1. The minimum absolute atomic E-state index is 0.0333. The third kappa shape index (κ3) is 8.80. The molecule has 0 unspecified atom stereocenters. The fourth-order valence-electron chi connectivity index (χ4n) is 5.35. The molecule has 4 atom stereocenters. The summed E-state index contributed by atoms with van der Waals surface area (Å²) in [5.74, 6) is -1.87. The van der Waals surface area contributed by atoms with Crippen molar-refractivity contribution in [3.05, 3.63) is 36.0 Å². The normalized spacial score (nSPS) is 14.6. The van der Waals surface area contributed by atoms with Gasteiger partial charge in [-0.3, -0.25) is 19.2 Å². The van der Waals surface area contributed by atoms with Crippen LogP contribution >= 0.6 is 0 Å². The van der Waals surface area contributed by atoms with E-state index in [2.05, 4.69) is 26.3 Å². The predicted octanol–water partition coefficient (Wildman–Crippen LogP) is 2.84. The van der Waals surface area contributed by atoms with E-state index in [4.69, 9.17) is 0 Å². The number of carbonyl (C=O) groups excluding carboxylic acids is 4. The molecule has 1 heterocycles. The molecule has 1 aromatic heterocycles. The zero-order valence-electron chi connectivity index (χ0n) is 27.0. The number of nitrogens with zero attached hydrogens (tertiary/aromatic N) is 1. The molecule has 234 valence electrons. The predicted molar refractivity (Wildman–Crippen MR) is 168 cm³/mol. The molecule has 0 saturated heterocycles. The number of benzene rings is 1. The Morgan fingerprint density at radius 2 is 1.31 bits per heavy atom. The second-order valence-corrected chi connectivity index (χ2v) is 12.5. The number of aromatic nitrogens is 1. The first-order valence-corrected chi connectivity index (χ1v) is 15.1. The lowest BCUT2D eigenvalue weighted by molar-refractivity contribution is -0.144. The van der Waals surface area contributed by atoms with Crippen LogP contribution in [0, 0.1) is 23.7 Å². The molecule has 2 rings (SSSR count). The summed E-state index contributed by atoms with van der Waals surface area (Å²) in [7, 11) is 3.32. The highest BCUT2D eigenvalue weighted by Gasteiger charge is 2.37. The van der Waals surface area contributed by atoms with E-state index in [1.54, 1.807) is 14.1 Å². The molecule has 0 fully saturated rings. The molecule has 0 aliphatic heterocycles. The molecule has 2 aromatic rings. The monoisotopic (exact) mass is 584 g/mol. The molecule has 42 heavy (non-hydrogen) atoms. The maximum Gasteiger partial charge on any atom is 0.245 e. The average Bonchev–Trinajstić information content (AvgIpc) is 3.32. The second-order valence-electron chi connectivity index (χ2n) is 12.5. The van der Waals surface area contributed by atoms with E-state index in [1.165, 1.54) is 4.90 Å². The van der Waals surface area contributed by atoms with Gasteiger partial charge < -0.3 is 31.2 Å². The highest BCUT2D eigenvalue weighted by atomic mass is 16.2. The molecular weight excluding hydrogens is 532 g/mol. The Morgan fingerprint density at radius 1 is 0.762 bits per heavy atom. The molecule has 0 aliphatic carbocycles. The molecule has 5 N–H and O–H groups in total. The summed E-state index contributed by atoms with van der Waals surface area (Å²) in [6.07, 6.45) is 2.60. The van der Waals surface area contributed by atoms with Crippen molar-refractivity contribution in [2.45, 2.75) is 86.0 Å². The molecule has 10 nitrogen and oxygen atoms in total. The van der Waals surface area contributed by atoms with Gasteiger partial charge in [-0.05, 0) is 48.8 Å². The number of hydrogen-bond donors (Lipinski definition) is 5. The van der Waals surface area contributed by atoms with Gasteiger partial charge in [-0.1, -0.05) is 73.6 Å². The smallest absolute Gasteiger partial charge is 0.245 e. The van der Waals surface area contributed by atoms with Crippen LogP contribution in [0.25, 0.3) is 10.9 Å². The first-order valence-electron chi connectivity index (χ1n) is 15.1. The molecule has 10 heteroatoms. The SMILES string of the molecule is CN[C@H](C(=O)N[C@H](C(=O)N[C@H](C(=O)N(C)[C@H](C(=O)NCCc1c[nH]c2ccccc12)C(C)C)C(C)C)C(C)C)C(C)C. The standard InChI is InChI=1S/C32H52N6O4/c1-18(2)25(33-9)29(39)36-26(19(3)4)30(40)37-27(20(5)6)32(42)38(10)28(21(7)8)31(41)34-16-15-22-17-35-24-14-12-11-13-23(22)24/h11-14,17-21,25-28,33,35H,15-16H2,1-10H3,(H,34,41)(H,36,39)(H,37,40)/t25-,26-,27-,28-/m0/s1. The van der Waals surface area contributed by atoms with Gasteiger partial charge in [-0.15, -0.1) is 0 Å². The number of nitrogens with one attached hydrogen (secondary N) is 5. The van der Waals surface area contributed by atoms with Crippen molar-refractivity contribution in [1.82, 2.24) is 31.2 Å². The van der Waals surface area contributed by atoms with Crippen LogP contribution in [0.1, 0.15) is 61.0 Å². The van der Waals surface area contributed by atoms with Crippen LogP contribution in [-0.4, -0.2) is 78.3 Å². The summed E-state index contributed by atoms with van der Waals surface area (Å²) in [6, 6.07) is 5.16. The lowest BCUT2D eigenvalue weighted by atomic mass is 9.96. The molecular formula is C32H52N6O4. The number of H-pyrrole nitrogens is 1. The Hall–Kier alpha value is -3.40. The third-order valence-corrected chi connectivity index (χ3v) is 7.77. The van der Waals surface area contributed by atoms with E-state index in [1.807, 2.05) is 85.9 Å². The van der Waals surface area contributed by atoms with Gasteiger partial charge in [0.25, 0.3) is 0 Å². The van der Waals surface area contributed by atoms with Crippen LogP contribution in [-0.2, 0) is 25.6 Å². The first kappa shape index (κ1) is 34.8. The van der Waals surface area contributed by atoms with Crippen LogP contribution in [0.4, 0.5) is 0 Å². The zero-order valence-corrected chi connectivity index (χ0v) is 27.0. The number of fused-ring (bicyclic) bond motifs is 1. The molecule has 0 bridgehead atoms. The number of rotatable bonds is 15. The maximum absolute atomic E-state index is 13.8. The Labute approximate surface area is 251 Å². The van der Waals surface area contributed by atoms with Crippen LogP contribution in [0.5, 0.6) is 0 Å². The lowest BCUT2D eigenvalue weighted by Gasteiger charge is -2.35. The van der Waals surface area contributed by atoms with Crippen LogP contribution < -0.4 is 21.3 Å². The zero-order chi connectivity index (χ0) is 31.7. The summed E-state index contributed by atoms with van der Waals surface area (Å²) < 4.78 is 0. The van der Waals surface area contributed by atoms with E-state index in [-0.39, 0.29) is 41.4 Å². The fourth-order valence-corrected chi connectivity index (χ4v) is 5.35. The highest BCUT2D eigenvalue weighted by molar-refractivity contribution is 5.95. The first-order chi connectivity index (χ1) is 19.7. The number of aromatic amines is 1. The minimum Gasteiger partial charge on any atom is -0.361 e. The number of carbonyl (C=O) groups is 4. The largest absolute Gasteiger partial charge is 0.361 e. The second kappa shape index (κ2) is 15.7. The van der Waals surface area contributed by atoms with Crippen molar-refractivity contribution >= 4 is 34.5 Å². The lowest BCUT2D eigenvalue weighted by Crippen LogP contribution is -2.61. The maximum atomic E-state index is 13.8. The van der Waals surface area contributed by atoms with Crippen LogP contribution in [0.15, 0.2) is 30.5 Å². The molecule has 4 amide bonds. The molecule has 1 aromatic carbocycles. The fraction of sp³-hybridized carbons (Fsp3) is 0.625. The number of amides is 4. The van der Waals surface area contributed by atoms with E-state index >= 15 is 0 Å². The van der Waals surface area contributed by atoms with Gasteiger partial charge in [0, 0.05) is 30.7 Å². The minimum atomic E-state index is -0.869. The van der Waals surface area contributed by atoms with Gasteiger partial charge in [-0.2, -0.15) is 0 Å². The van der Waals surface area contributed by atoms with Crippen molar-refractivity contribution < 1.29 is 19.2 Å². The van der Waals surface area contributed by atoms with Gasteiger partial charge in [-0.25, -0.2) is 0 Å². The number of hydrogen-bond acceptors (Lipinski definition) is 5. The Kier molecular flexibility index (Phi) is 13.0. The van der Waals surface area contributed by atoms with E-state index < -0.39 is 30.1 Å². The van der Waals surface area contributed by atoms with Crippen molar-refractivity contribution in [2.24, 2.45) is 23.7 Å². The Bertz CT molecular complexity index is 1200. The van der Waals surface area contributed by atoms with E-state index in [9.17, 15) is 19.2 Å².